The standard InChI is InChI=1S/C11H13BrCl2N2O2/c1-18-5-4-15-6-9(17)16-8-3-2-7(12)10(13)11(8)14/h2-3,15H,4-6H2,1H3,(H,16,17). The highest BCUT2D eigenvalue weighted by atomic mass is 79.9. The molecule has 2 N–H and O–H groups in total. The third kappa shape index (κ3) is 4.74. The fraction of sp³-hybridized carbons (Fsp3) is 0.364. The summed E-state index contributed by atoms with van der Waals surface area (Å²) in [6, 6.07) is 3.41. The zero-order valence-corrected chi connectivity index (χ0v) is 12.8. The molecule has 1 amide bonds. The van der Waals surface area contributed by atoms with Gasteiger partial charge in [0.25, 0.3) is 0 Å². The maximum Gasteiger partial charge on any atom is 0.238 e. The van der Waals surface area contributed by atoms with Crippen LogP contribution in [-0.4, -0.2) is 32.7 Å². The smallest absolute Gasteiger partial charge is 0.238 e. The van der Waals surface area contributed by atoms with Crippen molar-refractivity contribution >= 4 is 50.7 Å². The van der Waals surface area contributed by atoms with Crippen molar-refractivity contribution in [2.45, 2.75) is 0 Å². The van der Waals surface area contributed by atoms with Crippen molar-refractivity contribution in [2.24, 2.45) is 0 Å². The molecule has 4 nitrogen and oxygen atoms in total. The van der Waals surface area contributed by atoms with E-state index in [1.165, 1.54) is 0 Å². The topological polar surface area (TPSA) is 50.4 Å². The largest absolute Gasteiger partial charge is 0.383 e. The molecular formula is C11H13BrCl2N2O2. The van der Waals surface area contributed by atoms with E-state index in [0.29, 0.717) is 33.4 Å². The average molecular weight is 356 g/mol. The third-order valence-electron chi connectivity index (χ3n) is 2.08. The molecule has 1 aromatic carbocycles. The van der Waals surface area contributed by atoms with Gasteiger partial charge in [-0.15, -0.1) is 0 Å². The van der Waals surface area contributed by atoms with Gasteiger partial charge in [0.1, 0.15) is 0 Å². The normalized spacial score (nSPS) is 10.4. The molecule has 0 saturated carbocycles. The van der Waals surface area contributed by atoms with Crippen LogP contribution < -0.4 is 10.6 Å². The molecule has 100 valence electrons. The van der Waals surface area contributed by atoms with Gasteiger partial charge < -0.3 is 15.4 Å². The first-order valence-electron chi connectivity index (χ1n) is 5.19. The summed E-state index contributed by atoms with van der Waals surface area (Å²) in [5.74, 6) is -0.189. The molecule has 0 aliphatic rings. The predicted octanol–water partition coefficient (Wildman–Crippen LogP) is 2.93. The minimum absolute atomic E-state index is 0.188. The number of anilines is 1. The van der Waals surface area contributed by atoms with Gasteiger partial charge in [0.15, 0.2) is 0 Å². The minimum Gasteiger partial charge on any atom is -0.383 e. The highest BCUT2D eigenvalue weighted by Crippen LogP contribution is 2.35. The highest BCUT2D eigenvalue weighted by Gasteiger charge is 2.10. The van der Waals surface area contributed by atoms with E-state index >= 15 is 0 Å². The van der Waals surface area contributed by atoms with Crippen molar-refractivity contribution in [1.82, 2.24) is 5.32 Å². The Kier molecular flexibility index (Phi) is 6.96. The Morgan fingerprint density at radius 1 is 1.39 bits per heavy atom. The Balaban J connectivity index is 2.52. The van der Waals surface area contributed by atoms with Gasteiger partial charge in [-0.25, -0.2) is 0 Å². The van der Waals surface area contributed by atoms with Crippen LogP contribution in [0, 0.1) is 0 Å². The summed E-state index contributed by atoms with van der Waals surface area (Å²) < 4.78 is 5.54. The first-order chi connectivity index (χ1) is 8.56. The van der Waals surface area contributed by atoms with Crippen LogP contribution in [0.15, 0.2) is 16.6 Å². The number of nitrogens with one attached hydrogen (secondary N) is 2. The van der Waals surface area contributed by atoms with Crippen LogP contribution in [0.25, 0.3) is 0 Å². The molecule has 1 aromatic rings. The number of rotatable bonds is 6. The lowest BCUT2D eigenvalue weighted by Crippen LogP contribution is -2.30. The number of ether oxygens (including phenoxy) is 1. The van der Waals surface area contributed by atoms with Crippen LogP contribution in [0.3, 0.4) is 0 Å². The number of methoxy groups -OCH3 is 1. The number of hydrogen-bond donors (Lipinski definition) is 2. The monoisotopic (exact) mass is 354 g/mol. The lowest BCUT2D eigenvalue weighted by molar-refractivity contribution is -0.115. The molecule has 0 saturated heterocycles. The van der Waals surface area contributed by atoms with Gasteiger partial charge in [0, 0.05) is 18.1 Å². The number of carbonyl (C=O) groups excluding carboxylic acids is 1. The second kappa shape index (κ2) is 7.96. The van der Waals surface area contributed by atoms with Crippen LogP contribution in [0.4, 0.5) is 5.69 Å². The molecular weight excluding hydrogens is 343 g/mol. The quantitative estimate of drug-likeness (QED) is 0.609. The SMILES string of the molecule is COCCNCC(=O)Nc1ccc(Br)c(Cl)c1Cl. The first-order valence-corrected chi connectivity index (χ1v) is 6.74. The van der Waals surface area contributed by atoms with Crippen LogP contribution >= 0.6 is 39.1 Å². The molecule has 0 aliphatic heterocycles. The molecule has 0 atom stereocenters. The van der Waals surface area contributed by atoms with Crippen LogP contribution in [0.2, 0.25) is 10.0 Å². The number of benzene rings is 1. The van der Waals surface area contributed by atoms with E-state index in [-0.39, 0.29) is 12.5 Å². The molecule has 0 aromatic heterocycles. The summed E-state index contributed by atoms with van der Waals surface area (Å²) in [7, 11) is 1.60. The van der Waals surface area contributed by atoms with Crippen molar-refractivity contribution < 1.29 is 9.53 Å². The summed E-state index contributed by atoms with van der Waals surface area (Å²) >= 11 is 15.2. The van der Waals surface area contributed by atoms with E-state index in [1.807, 2.05) is 0 Å². The fourth-order valence-corrected chi connectivity index (χ4v) is 2.01. The van der Waals surface area contributed by atoms with Gasteiger partial charge in [-0.05, 0) is 28.1 Å². The summed E-state index contributed by atoms with van der Waals surface area (Å²) in [5.41, 5.74) is 0.489. The maximum absolute atomic E-state index is 11.6. The van der Waals surface area contributed by atoms with Gasteiger partial charge in [-0.3, -0.25) is 4.79 Å². The lowest BCUT2D eigenvalue weighted by Gasteiger charge is -2.09. The summed E-state index contributed by atoms with van der Waals surface area (Å²) in [5, 5.41) is 6.30. The molecule has 0 radical (unpaired) electrons. The van der Waals surface area contributed by atoms with Crippen molar-refractivity contribution in [2.75, 3.05) is 32.1 Å². The van der Waals surface area contributed by atoms with E-state index in [4.69, 9.17) is 27.9 Å². The number of halogens is 3. The fourth-order valence-electron chi connectivity index (χ4n) is 1.19. The van der Waals surface area contributed by atoms with Crippen LogP contribution in [0.5, 0.6) is 0 Å². The van der Waals surface area contributed by atoms with Gasteiger partial charge in [-0.2, -0.15) is 0 Å². The van der Waals surface area contributed by atoms with Crippen LogP contribution in [0.1, 0.15) is 0 Å². The van der Waals surface area contributed by atoms with Crippen LogP contribution in [-0.2, 0) is 9.53 Å². The summed E-state index contributed by atoms with van der Waals surface area (Å²) in [6.45, 7) is 1.35. The Hall–Kier alpha value is -0.330. The zero-order chi connectivity index (χ0) is 13.5. The Labute approximate surface area is 124 Å². The van der Waals surface area contributed by atoms with Gasteiger partial charge in [0.2, 0.25) is 5.91 Å². The molecule has 0 bridgehead atoms. The first kappa shape index (κ1) is 15.7. The van der Waals surface area contributed by atoms with Crippen molar-refractivity contribution in [1.29, 1.82) is 0 Å². The minimum atomic E-state index is -0.189. The highest BCUT2D eigenvalue weighted by molar-refractivity contribution is 9.10. The second-order valence-corrected chi connectivity index (χ2v) is 5.05. The summed E-state index contributed by atoms with van der Waals surface area (Å²) in [6.07, 6.45) is 0. The van der Waals surface area contributed by atoms with E-state index in [1.54, 1.807) is 19.2 Å². The van der Waals surface area contributed by atoms with Crippen molar-refractivity contribution in [3.05, 3.63) is 26.7 Å². The van der Waals surface area contributed by atoms with E-state index in [2.05, 4.69) is 26.6 Å². The predicted molar refractivity (Wildman–Crippen MR) is 77.5 cm³/mol. The Morgan fingerprint density at radius 2 is 2.11 bits per heavy atom. The zero-order valence-electron chi connectivity index (χ0n) is 9.73. The molecule has 1 rings (SSSR count). The van der Waals surface area contributed by atoms with E-state index < -0.39 is 0 Å². The average Bonchev–Trinajstić information content (AvgIpc) is 2.35. The third-order valence-corrected chi connectivity index (χ3v) is 3.85. The number of amides is 1. The second-order valence-electron chi connectivity index (χ2n) is 3.44. The molecule has 18 heavy (non-hydrogen) atoms. The number of hydrogen-bond acceptors (Lipinski definition) is 3. The van der Waals surface area contributed by atoms with Gasteiger partial charge in [0.05, 0.1) is 28.9 Å². The molecule has 0 unspecified atom stereocenters. The van der Waals surface area contributed by atoms with Gasteiger partial charge >= 0.3 is 0 Å². The summed E-state index contributed by atoms with van der Waals surface area (Å²) in [4.78, 5) is 11.6. The molecule has 0 fully saturated rings. The Bertz CT molecular complexity index is 430. The van der Waals surface area contributed by atoms with Crippen molar-refractivity contribution in [3.63, 3.8) is 0 Å². The Morgan fingerprint density at radius 3 is 2.78 bits per heavy atom. The number of carbonyl (C=O) groups is 1. The molecule has 0 aliphatic carbocycles. The molecule has 0 heterocycles. The van der Waals surface area contributed by atoms with Crippen molar-refractivity contribution in [3.8, 4) is 0 Å². The van der Waals surface area contributed by atoms with Gasteiger partial charge in [-0.1, -0.05) is 23.2 Å². The molecule has 7 heteroatoms. The maximum atomic E-state index is 11.6. The van der Waals surface area contributed by atoms with E-state index in [9.17, 15) is 4.79 Å². The molecule has 0 spiro atoms. The lowest BCUT2D eigenvalue weighted by atomic mass is 10.3. The van der Waals surface area contributed by atoms with E-state index in [0.717, 1.165) is 0 Å².